The highest BCUT2D eigenvalue weighted by atomic mass is 16.6. The molecule has 3 heterocycles. The molecule has 0 N–H and O–H groups in total. The Morgan fingerprint density at radius 2 is 1.90 bits per heavy atom. The van der Waals surface area contributed by atoms with Crippen LogP contribution < -0.4 is 0 Å². The van der Waals surface area contributed by atoms with E-state index in [9.17, 15) is 4.79 Å². The third-order valence-electron chi connectivity index (χ3n) is 4.73. The van der Waals surface area contributed by atoms with E-state index in [1.54, 1.807) is 0 Å². The molecule has 3 rings (SSSR count). The highest BCUT2D eigenvalue weighted by molar-refractivity contribution is 5.69. The summed E-state index contributed by atoms with van der Waals surface area (Å²) in [6, 6.07) is 1.84. The van der Waals surface area contributed by atoms with Gasteiger partial charge in [0.15, 0.2) is 0 Å². The lowest BCUT2D eigenvalue weighted by atomic mass is 9.87. The van der Waals surface area contributed by atoms with Crippen molar-refractivity contribution in [2.45, 2.75) is 70.3 Å². The first-order valence-electron chi connectivity index (χ1n) is 7.71. The Kier molecular flexibility index (Phi) is 3.45. The van der Waals surface area contributed by atoms with Crippen molar-refractivity contribution in [3.63, 3.8) is 0 Å². The van der Waals surface area contributed by atoms with Crippen LogP contribution in [-0.2, 0) is 9.47 Å². The van der Waals surface area contributed by atoms with Gasteiger partial charge in [-0.15, -0.1) is 0 Å². The second-order valence-corrected chi connectivity index (χ2v) is 7.30. The van der Waals surface area contributed by atoms with Crippen LogP contribution in [0, 0.1) is 0 Å². The minimum atomic E-state index is -0.421. The number of carbonyl (C=O) groups excluding carboxylic acids is 1. The van der Waals surface area contributed by atoms with Crippen LogP contribution in [0.2, 0.25) is 0 Å². The molecule has 4 atom stereocenters. The molecule has 5 heteroatoms. The zero-order valence-corrected chi connectivity index (χ0v) is 13.0. The van der Waals surface area contributed by atoms with Crippen LogP contribution in [0.15, 0.2) is 0 Å². The molecule has 2 unspecified atom stereocenters. The molecule has 114 valence electrons. The van der Waals surface area contributed by atoms with E-state index < -0.39 is 5.60 Å². The Labute approximate surface area is 121 Å². The molecule has 0 aromatic heterocycles. The Bertz CT molecular complexity index is 379. The fraction of sp³-hybridized carbons (Fsp3) is 0.933. The van der Waals surface area contributed by atoms with E-state index in [0.717, 1.165) is 26.2 Å². The molecule has 0 radical (unpaired) electrons. The van der Waals surface area contributed by atoms with Gasteiger partial charge in [-0.2, -0.15) is 0 Å². The number of ether oxygens (including phenoxy) is 2. The summed E-state index contributed by atoms with van der Waals surface area (Å²) >= 11 is 0. The largest absolute Gasteiger partial charge is 0.444 e. The molecule has 3 fully saturated rings. The summed E-state index contributed by atoms with van der Waals surface area (Å²) in [5.41, 5.74) is -0.421. The Balaban J connectivity index is 1.62. The van der Waals surface area contributed by atoms with E-state index in [4.69, 9.17) is 9.47 Å². The second kappa shape index (κ2) is 4.88. The molecule has 0 spiro atoms. The predicted molar refractivity (Wildman–Crippen MR) is 75.7 cm³/mol. The van der Waals surface area contributed by atoms with Crippen LogP contribution in [0.1, 0.15) is 40.5 Å². The van der Waals surface area contributed by atoms with Crippen LogP contribution in [0.5, 0.6) is 0 Å². The molecule has 0 saturated carbocycles. The summed E-state index contributed by atoms with van der Waals surface area (Å²) in [4.78, 5) is 16.7. The maximum absolute atomic E-state index is 12.3. The van der Waals surface area contributed by atoms with Gasteiger partial charge < -0.3 is 14.4 Å². The maximum atomic E-state index is 12.3. The summed E-state index contributed by atoms with van der Waals surface area (Å²) in [6.45, 7) is 10.4. The molecule has 0 aliphatic carbocycles. The van der Waals surface area contributed by atoms with Gasteiger partial charge in [-0.05, 0) is 40.5 Å². The van der Waals surface area contributed by atoms with Gasteiger partial charge in [0.05, 0.1) is 13.2 Å². The van der Waals surface area contributed by atoms with Crippen LogP contribution >= 0.6 is 0 Å². The summed E-state index contributed by atoms with van der Waals surface area (Å²) in [7, 11) is 0. The molecule has 3 aliphatic heterocycles. The molecular formula is C15H26N2O3. The minimum Gasteiger partial charge on any atom is -0.444 e. The van der Waals surface area contributed by atoms with Gasteiger partial charge in [0.2, 0.25) is 0 Å². The topological polar surface area (TPSA) is 42.0 Å². The molecule has 0 aromatic carbocycles. The smallest absolute Gasteiger partial charge is 0.410 e. The number of amides is 1. The lowest BCUT2D eigenvalue weighted by molar-refractivity contribution is -0.149. The van der Waals surface area contributed by atoms with Gasteiger partial charge in [0.1, 0.15) is 5.60 Å². The van der Waals surface area contributed by atoms with Gasteiger partial charge in [-0.25, -0.2) is 4.79 Å². The fourth-order valence-electron chi connectivity index (χ4n) is 3.81. The van der Waals surface area contributed by atoms with E-state index in [2.05, 4.69) is 11.8 Å². The standard InChI is InChI=1S/C15H26N2O3/c1-10-13(17-11-7-12(17)9-19-8-11)5-6-16(10)14(18)20-15(2,3)4/h10-13H,5-9H2,1-4H3/t10-,11?,12?,13-/m0/s1. The van der Waals surface area contributed by atoms with Crippen molar-refractivity contribution >= 4 is 6.09 Å². The fourth-order valence-corrected chi connectivity index (χ4v) is 3.81. The average Bonchev–Trinajstić information content (AvgIpc) is 2.70. The third-order valence-corrected chi connectivity index (χ3v) is 4.73. The molecule has 20 heavy (non-hydrogen) atoms. The van der Waals surface area contributed by atoms with Gasteiger partial charge in [-0.1, -0.05) is 0 Å². The Morgan fingerprint density at radius 3 is 2.45 bits per heavy atom. The van der Waals surface area contributed by atoms with Gasteiger partial charge >= 0.3 is 6.09 Å². The molecule has 3 aliphatic rings. The van der Waals surface area contributed by atoms with Crippen LogP contribution in [-0.4, -0.2) is 65.4 Å². The molecule has 1 amide bonds. The van der Waals surface area contributed by atoms with Crippen LogP contribution in [0.4, 0.5) is 4.79 Å². The van der Waals surface area contributed by atoms with Crippen molar-refractivity contribution in [1.82, 2.24) is 9.80 Å². The lowest BCUT2D eigenvalue weighted by Gasteiger charge is -2.56. The third kappa shape index (κ3) is 2.42. The second-order valence-electron chi connectivity index (χ2n) is 7.30. The average molecular weight is 282 g/mol. The Hall–Kier alpha value is -0.810. The number of likely N-dealkylation sites (tertiary alicyclic amines) is 1. The number of hydrogen-bond donors (Lipinski definition) is 0. The number of fused-ring (bicyclic) bond motifs is 2. The van der Waals surface area contributed by atoms with Crippen molar-refractivity contribution in [2.24, 2.45) is 0 Å². The van der Waals surface area contributed by atoms with Crippen molar-refractivity contribution in [3.8, 4) is 0 Å². The number of rotatable bonds is 1. The first kappa shape index (κ1) is 14.1. The normalized spacial score (nSPS) is 37.7. The summed E-state index contributed by atoms with van der Waals surface area (Å²) in [5, 5.41) is 0. The molecule has 5 nitrogen and oxygen atoms in total. The zero-order valence-electron chi connectivity index (χ0n) is 13.0. The summed E-state index contributed by atoms with van der Waals surface area (Å²) < 4.78 is 11.1. The molecule has 2 bridgehead atoms. The van der Waals surface area contributed by atoms with Crippen LogP contribution in [0.3, 0.4) is 0 Å². The monoisotopic (exact) mass is 282 g/mol. The van der Waals surface area contributed by atoms with E-state index in [1.165, 1.54) is 6.42 Å². The maximum Gasteiger partial charge on any atom is 0.410 e. The van der Waals surface area contributed by atoms with Gasteiger partial charge in [0.25, 0.3) is 0 Å². The molecule has 3 saturated heterocycles. The van der Waals surface area contributed by atoms with Crippen molar-refractivity contribution in [3.05, 3.63) is 0 Å². The SMILES string of the molecule is C[C@H]1[C@@H](N2C3COCC2C3)CCN1C(=O)OC(C)(C)C. The Morgan fingerprint density at radius 1 is 1.25 bits per heavy atom. The van der Waals surface area contributed by atoms with E-state index in [-0.39, 0.29) is 12.1 Å². The molecule has 0 aromatic rings. The van der Waals surface area contributed by atoms with Crippen molar-refractivity contribution in [2.75, 3.05) is 19.8 Å². The van der Waals surface area contributed by atoms with Gasteiger partial charge in [0, 0.05) is 30.7 Å². The highest BCUT2D eigenvalue weighted by Gasteiger charge is 2.50. The highest BCUT2D eigenvalue weighted by Crippen LogP contribution is 2.38. The first-order valence-corrected chi connectivity index (χ1v) is 7.71. The lowest BCUT2D eigenvalue weighted by Crippen LogP contribution is -2.68. The number of carbonyl (C=O) groups is 1. The van der Waals surface area contributed by atoms with Crippen LogP contribution in [0.25, 0.3) is 0 Å². The summed E-state index contributed by atoms with van der Waals surface area (Å²) in [5.74, 6) is 0. The zero-order chi connectivity index (χ0) is 14.5. The molecular weight excluding hydrogens is 256 g/mol. The number of hydrogen-bond acceptors (Lipinski definition) is 4. The van der Waals surface area contributed by atoms with E-state index in [1.807, 2.05) is 25.7 Å². The van der Waals surface area contributed by atoms with E-state index >= 15 is 0 Å². The summed E-state index contributed by atoms with van der Waals surface area (Å²) in [6.07, 6.45) is 2.14. The quantitative estimate of drug-likeness (QED) is 0.736. The van der Waals surface area contributed by atoms with Gasteiger partial charge in [-0.3, -0.25) is 4.90 Å². The number of nitrogens with zero attached hydrogens (tertiary/aromatic N) is 2. The van der Waals surface area contributed by atoms with Crippen molar-refractivity contribution in [1.29, 1.82) is 0 Å². The van der Waals surface area contributed by atoms with E-state index in [0.29, 0.717) is 18.1 Å². The minimum absolute atomic E-state index is 0.172. The predicted octanol–water partition coefficient (Wildman–Crippen LogP) is 1.86. The number of morpholine rings is 1. The van der Waals surface area contributed by atoms with Crippen molar-refractivity contribution < 1.29 is 14.3 Å². The first-order chi connectivity index (χ1) is 9.37.